The Morgan fingerprint density at radius 1 is 1.47 bits per heavy atom. The molecule has 5 heteroatoms. The summed E-state index contributed by atoms with van der Waals surface area (Å²) in [5.74, 6) is 1.05. The maximum absolute atomic E-state index is 11.4. The van der Waals surface area contributed by atoms with Gasteiger partial charge in [-0.3, -0.25) is 4.79 Å². The zero-order valence-corrected chi connectivity index (χ0v) is 11.7. The van der Waals surface area contributed by atoms with Crippen LogP contribution in [0.25, 0.3) is 0 Å². The van der Waals surface area contributed by atoms with Gasteiger partial charge in [0.2, 0.25) is 0 Å². The largest absolute Gasteiger partial charge is 0.493 e. The Morgan fingerprint density at radius 2 is 2.21 bits per heavy atom. The van der Waals surface area contributed by atoms with E-state index < -0.39 is 0 Å². The number of ether oxygens (including phenoxy) is 2. The molecule has 5 nitrogen and oxygen atoms in total. The molecular formula is C14H22N2O3. The van der Waals surface area contributed by atoms with Crippen molar-refractivity contribution in [2.45, 2.75) is 26.3 Å². The molecule has 1 rings (SSSR count). The number of rotatable bonds is 7. The Hall–Kier alpha value is -1.75. The van der Waals surface area contributed by atoms with E-state index in [0.29, 0.717) is 24.5 Å². The van der Waals surface area contributed by atoms with Crippen molar-refractivity contribution in [2.24, 2.45) is 5.73 Å². The van der Waals surface area contributed by atoms with E-state index in [0.717, 1.165) is 5.56 Å². The van der Waals surface area contributed by atoms with Crippen LogP contribution in [0.5, 0.6) is 11.5 Å². The first-order valence-corrected chi connectivity index (χ1v) is 6.39. The van der Waals surface area contributed by atoms with Crippen LogP contribution in [0.2, 0.25) is 0 Å². The van der Waals surface area contributed by atoms with Crippen molar-refractivity contribution < 1.29 is 14.3 Å². The quantitative estimate of drug-likeness (QED) is 0.775. The van der Waals surface area contributed by atoms with Crippen molar-refractivity contribution in [1.82, 2.24) is 5.32 Å². The molecule has 1 unspecified atom stereocenters. The smallest absolute Gasteiger partial charge is 0.257 e. The second kappa shape index (κ2) is 7.63. The molecule has 0 saturated carbocycles. The third kappa shape index (κ3) is 4.79. The van der Waals surface area contributed by atoms with Gasteiger partial charge < -0.3 is 20.5 Å². The Labute approximate surface area is 114 Å². The van der Waals surface area contributed by atoms with Gasteiger partial charge >= 0.3 is 0 Å². The van der Waals surface area contributed by atoms with Gasteiger partial charge in [-0.25, -0.2) is 0 Å². The lowest BCUT2D eigenvalue weighted by Crippen LogP contribution is -2.28. The number of carbonyl (C=O) groups is 1. The number of amides is 1. The third-order valence-corrected chi connectivity index (χ3v) is 2.54. The van der Waals surface area contributed by atoms with E-state index in [2.05, 4.69) is 5.32 Å². The summed E-state index contributed by atoms with van der Waals surface area (Å²) in [6, 6.07) is 5.63. The Balaban J connectivity index is 2.85. The first-order chi connectivity index (χ1) is 9.08. The minimum atomic E-state index is -0.153. The minimum absolute atomic E-state index is 0.0129. The zero-order chi connectivity index (χ0) is 14.3. The van der Waals surface area contributed by atoms with E-state index in [-0.39, 0.29) is 18.6 Å². The SMILES string of the molecule is CCNC(=O)COc1c(CC(C)N)cccc1OC. The van der Waals surface area contributed by atoms with Crippen molar-refractivity contribution in [3.8, 4) is 11.5 Å². The molecule has 0 aromatic heterocycles. The molecule has 1 amide bonds. The van der Waals surface area contributed by atoms with Gasteiger partial charge in [-0.1, -0.05) is 12.1 Å². The van der Waals surface area contributed by atoms with E-state index in [1.165, 1.54) is 0 Å². The highest BCUT2D eigenvalue weighted by Crippen LogP contribution is 2.31. The highest BCUT2D eigenvalue weighted by atomic mass is 16.5. The topological polar surface area (TPSA) is 73.6 Å². The second-order valence-electron chi connectivity index (χ2n) is 4.37. The summed E-state index contributed by atoms with van der Waals surface area (Å²) in [7, 11) is 1.57. The van der Waals surface area contributed by atoms with Gasteiger partial charge in [0.15, 0.2) is 18.1 Å². The van der Waals surface area contributed by atoms with Gasteiger partial charge in [0.25, 0.3) is 5.91 Å². The lowest BCUT2D eigenvalue weighted by molar-refractivity contribution is -0.123. The van der Waals surface area contributed by atoms with Crippen LogP contribution in [-0.4, -0.2) is 32.2 Å². The molecule has 1 aromatic carbocycles. The normalized spacial score (nSPS) is 11.8. The number of nitrogens with one attached hydrogen (secondary N) is 1. The standard InChI is InChI=1S/C14H22N2O3/c1-4-16-13(17)9-19-14-11(8-10(2)15)6-5-7-12(14)18-3/h5-7,10H,4,8-9,15H2,1-3H3,(H,16,17). The Morgan fingerprint density at radius 3 is 2.79 bits per heavy atom. The van der Waals surface area contributed by atoms with Gasteiger partial charge in [0.05, 0.1) is 7.11 Å². The molecular weight excluding hydrogens is 244 g/mol. The monoisotopic (exact) mass is 266 g/mol. The molecule has 106 valence electrons. The summed E-state index contributed by atoms with van der Waals surface area (Å²) in [4.78, 5) is 11.4. The van der Waals surface area contributed by atoms with Crippen LogP contribution in [0, 0.1) is 0 Å². The number of hydrogen-bond acceptors (Lipinski definition) is 4. The van der Waals surface area contributed by atoms with Crippen molar-refractivity contribution in [3.63, 3.8) is 0 Å². The molecule has 0 fully saturated rings. The summed E-state index contributed by atoms with van der Waals surface area (Å²) in [5.41, 5.74) is 6.76. The molecule has 1 atom stereocenters. The number of methoxy groups -OCH3 is 1. The van der Waals surface area contributed by atoms with Gasteiger partial charge in [-0.15, -0.1) is 0 Å². The highest BCUT2D eigenvalue weighted by molar-refractivity contribution is 5.77. The average Bonchev–Trinajstić information content (AvgIpc) is 2.36. The predicted octanol–water partition coefficient (Wildman–Crippen LogP) is 1.10. The third-order valence-electron chi connectivity index (χ3n) is 2.54. The average molecular weight is 266 g/mol. The number of hydrogen-bond donors (Lipinski definition) is 2. The Bertz CT molecular complexity index is 419. The van der Waals surface area contributed by atoms with Crippen LogP contribution in [0.3, 0.4) is 0 Å². The van der Waals surface area contributed by atoms with E-state index >= 15 is 0 Å². The van der Waals surface area contributed by atoms with Crippen molar-refractivity contribution in [2.75, 3.05) is 20.3 Å². The van der Waals surface area contributed by atoms with Crippen molar-refractivity contribution >= 4 is 5.91 Å². The Kier molecular flexibility index (Phi) is 6.15. The minimum Gasteiger partial charge on any atom is -0.493 e. The molecule has 0 aliphatic rings. The molecule has 0 radical (unpaired) electrons. The fourth-order valence-electron chi connectivity index (χ4n) is 1.78. The predicted molar refractivity (Wildman–Crippen MR) is 74.5 cm³/mol. The molecule has 0 aliphatic heterocycles. The number of carbonyl (C=O) groups excluding carboxylic acids is 1. The fraction of sp³-hybridized carbons (Fsp3) is 0.500. The van der Waals surface area contributed by atoms with Gasteiger partial charge in [-0.2, -0.15) is 0 Å². The summed E-state index contributed by atoms with van der Waals surface area (Å²) < 4.78 is 10.8. The summed E-state index contributed by atoms with van der Waals surface area (Å²) in [6.07, 6.45) is 0.669. The molecule has 0 aliphatic carbocycles. The molecule has 0 spiro atoms. The molecule has 3 N–H and O–H groups in total. The lowest BCUT2D eigenvalue weighted by atomic mass is 10.1. The molecule has 0 saturated heterocycles. The summed E-state index contributed by atoms with van der Waals surface area (Å²) in [5, 5.41) is 2.68. The van der Waals surface area contributed by atoms with Gasteiger partial charge in [0.1, 0.15) is 0 Å². The summed E-state index contributed by atoms with van der Waals surface area (Å²) in [6.45, 7) is 4.34. The number of likely N-dealkylation sites (N-methyl/N-ethyl adjacent to an activating group) is 1. The second-order valence-corrected chi connectivity index (χ2v) is 4.37. The van der Waals surface area contributed by atoms with Crippen LogP contribution < -0.4 is 20.5 Å². The van der Waals surface area contributed by atoms with Crippen LogP contribution in [-0.2, 0) is 11.2 Å². The highest BCUT2D eigenvalue weighted by Gasteiger charge is 2.13. The first kappa shape index (κ1) is 15.3. The molecule has 19 heavy (non-hydrogen) atoms. The van der Waals surface area contributed by atoms with Crippen molar-refractivity contribution in [1.29, 1.82) is 0 Å². The fourth-order valence-corrected chi connectivity index (χ4v) is 1.78. The van der Waals surface area contributed by atoms with Gasteiger partial charge in [-0.05, 0) is 31.9 Å². The van der Waals surface area contributed by atoms with Crippen LogP contribution in [0.1, 0.15) is 19.4 Å². The zero-order valence-electron chi connectivity index (χ0n) is 11.7. The van der Waals surface area contributed by atoms with Crippen molar-refractivity contribution in [3.05, 3.63) is 23.8 Å². The van der Waals surface area contributed by atoms with Crippen LogP contribution in [0.4, 0.5) is 0 Å². The maximum Gasteiger partial charge on any atom is 0.257 e. The number of benzene rings is 1. The van der Waals surface area contributed by atoms with Crippen LogP contribution >= 0.6 is 0 Å². The number of para-hydroxylation sites is 1. The summed E-state index contributed by atoms with van der Waals surface area (Å²) >= 11 is 0. The van der Waals surface area contributed by atoms with E-state index in [4.69, 9.17) is 15.2 Å². The lowest BCUT2D eigenvalue weighted by Gasteiger charge is -2.16. The maximum atomic E-state index is 11.4. The van der Waals surface area contributed by atoms with Gasteiger partial charge in [0, 0.05) is 12.6 Å². The van der Waals surface area contributed by atoms with E-state index in [9.17, 15) is 4.79 Å². The van der Waals surface area contributed by atoms with E-state index in [1.807, 2.05) is 26.0 Å². The molecule has 0 bridgehead atoms. The first-order valence-electron chi connectivity index (χ1n) is 6.39. The van der Waals surface area contributed by atoms with Crippen LogP contribution in [0.15, 0.2) is 18.2 Å². The number of nitrogens with two attached hydrogens (primary N) is 1. The molecule has 0 heterocycles. The van der Waals surface area contributed by atoms with E-state index in [1.54, 1.807) is 13.2 Å². The molecule has 1 aromatic rings.